The van der Waals surface area contributed by atoms with Crippen molar-refractivity contribution in [2.24, 2.45) is 0 Å². The zero-order chi connectivity index (χ0) is 14.5. The monoisotopic (exact) mass is 355 g/mol. The number of nitrogens with zero attached hydrogens (tertiary/aromatic N) is 2. The fraction of sp³-hybridized carbons (Fsp3) is 0.308. The Kier molecular flexibility index (Phi) is 5.19. The molecular formula is C13H14BrN3O2S. The first-order valence-corrected chi connectivity index (χ1v) is 7.82. The highest BCUT2D eigenvalue weighted by Crippen LogP contribution is 2.30. The van der Waals surface area contributed by atoms with E-state index in [2.05, 4.69) is 31.4 Å². The number of halogens is 1. The van der Waals surface area contributed by atoms with Crippen LogP contribution in [0.25, 0.3) is 11.5 Å². The fourth-order valence-electron chi connectivity index (χ4n) is 1.52. The average Bonchev–Trinajstić information content (AvgIpc) is 2.87. The summed E-state index contributed by atoms with van der Waals surface area (Å²) in [5.74, 6) is 0.390. The molecule has 0 aliphatic heterocycles. The van der Waals surface area contributed by atoms with Gasteiger partial charge in [-0.1, -0.05) is 23.9 Å². The van der Waals surface area contributed by atoms with Crippen LogP contribution in [0.3, 0.4) is 0 Å². The minimum Gasteiger partial charge on any atom is -0.411 e. The minimum absolute atomic E-state index is 0.0434. The summed E-state index contributed by atoms with van der Waals surface area (Å²) in [6.45, 7) is 4.29. The van der Waals surface area contributed by atoms with Gasteiger partial charge in [0.15, 0.2) is 0 Å². The molecule has 2 rings (SSSR count). The van der Waals surface area contributed by atoms with E-state index < -0.39 is 0 Å². The first kappa shape index (κ1) is 15.1. The lowest BCUT2D eigenvalue weighted by Gasteiger charge is -2.07. The van der Waals surface area contributed by atoms with E-state index in [-0.39, 0.29) is 11.2 Å². The SMILES string of the molecule is CCNC(=O)[C@H](C)Sc1nnc(-c2ccccc2Br)o1. The normalized spacial score (nSPS) is 12.2. The Morgan fingerprint density at radius 1 is 1.45 bits per heavy atom. The highest BCUT2D eigenvalue weighted by Gasteiger charge is 2.18. The second-order valence-electron chi connectivity index (χ2n) is 4.01. The van der Waals surface area contributed by atoms with Crippen molar-refractivity contribution >= 4 is 33.6 Å². The number of rotatable bonds is 5. The summed E-state index contributed by atoms with van der Waals surface area (Å²) >= 11 is 4.68. The maximum absolute atomic E-state index is 11.6. The third kappa shape index (κ3) is 3.61. The summed E-state index contributed by atoms with van der Waals surface area (Å²) in [7, 11) is 0. The number of amides is 1. The van der Waals surface area contributed by atoms with E-state index >= 15 is 0 Å². The molecule has 7 heteroatoms. The molecule has 20 heavy (non-hydrogen) atoms. The molecule has 0 aliphatic rings. The number of aromatic nitrogens is 2. The van der Waals surface area contributed by atoms with Crippen LogP contribution in [0, 0.1) is 0 Å². The van der Waals surface area contributed by atoms with E-state index in [1.165, 1.54) is 11.8 Å². The summed E-state index contributed by atoms with van der Waals surface area (Å²) in [6.07, 6.45) is 0. The second kappa shape index (κ2) is 6.90. The molecule has 106 valence electrons. The van der Waals surface area contributed by atoms with Crippen LogP contribution < -0.4 is 5.32 Å². The first-order chi connectivity index (χ1) is 9.61. The lowest BCUT2D eigenvalue weighted by Crippen LogP contribution is -2.30. The Bertz CT molecular complexity index is 603. The van der Waals surface area contributed by atoms with Crippen LogP contribution in [-0.4, -0.2) is 27.9 Å². The zero-order valence-corrected chi connectivity index (χ0v) is 13.5. The van der Waals surface area contributed by atoms with E-state index in [0.29, 0.717) is 17.7 Å². The third-order valence-corrected chi connectivity index (χ3v) is 4.13. The van der Waals surface area contributed by atoms with E-state index in [1.54, 1.807) is 6.92 Å². The molecule has 0 saturated heterocycles. The van der Waals surface area contributed by atoms with Gasteiger partial charge in [-0.3, -0.25) is 4.79 Å². The Morgan fingerprint density at radius 3 is 2.90 bits per heavy atom. The van der Waals surface area contributed by atoms with E-state index in [9.17, 15) is 4.79 Å². The summed E-state index contributed by atoms with van der Waals surface area (Å²) in [6, 6.07) is 7.61. The molecule has 1 N–H and O–H groups in total. The van der Waals surface area contributed by atoms with Gasteiger partial charge in [-0.2, -0.15) is 0 Å². The standard InChI is InChI=1S/C13H14BrN3O2S/c1-3-15-11(18)8(2)20-13-17-16-12(19-13)9-6-4-5-7-10(9)14/h4-8H,3H2,1-2H3,(H,15,18)/t8-/m0/s1. The second-order valence-corrected chi connectivity index (χ2v) is 6.15. The molecule has 1 amide bonds. The maximum atomic E-state index is 11.6. The lowest BCUT2D eigenvalue weighted by molar-refractivity contribution is -0.120. The van der Waals surface area contributed by atoms with Gasteiger partial charge < -0.3 is 9.73 Å². The van der Waals surface area contributed by atoms with Gasteiger partial charge in [-0.15, -0.1) is 10.2 Å². The van der Waals surface area contributed by atoms with Crippen molar-refractivity contribution < 1.29 is 9.21 Å². The van der Waals surface area contributed by atoms with Gasteiger partial charge in [-0.05, 0) is 41.9 Å². The van der Waals surface area contributed by atoms with Gasteiger partial charge in [0.25, 0.3) is 5.22 Å². The number of carbonyl (C=O) groups excluding carboxylic acids is 1. The van der Waals surface area contributed by atoms with Crippen LogP contribution in [0.2, 0.25) is 0 Å². The molecule has 1 aromatic heterocycles. The van der Waals surface area contributed by atoms with Crippen molar-refractivity contribution in [1.82, 2.24) is 15.5 Å². The van der Waals surface area contributed by atoms with Crippen molar-refractivity contribution in [2.75, 3.05) is 6.54 Å². The molecule has 1 atom stereocenters. The Balaban J connectivity index is 2.10. The summed E-state index contributed by atoms with van der Waals surface area (Å²) in [5.41, 5.74) is 0.831. The van der Waals surface area contributed by atoms with Crippen molar-refractivity contribution in [3.05, 3.63) is 28.7 Å². The van der Waals surface area contributed by atoms with Gasteiger partial charge >= 0.3 is 0 Å². The van der Waals surface area contributed by atoms with Crippen LogP contribution in [0.4, 0.5) is 0 Å². The number of carbonyl (C=O) groups is 1. The Labute approximate surface area is 129 Å². The highest BCUT2D eigenvalue weighted by molar-refractivity contribution is 9.10. The van der Waals surface area contributed by atoms with Gasteiger partial charge in [0.1, 0.15) is 0 Å². The van der Waals surface area contributed by atoms with Crippen LogP contribution >= 0.6 is 27.7 Å². The predicted molar refractivity (Wildman–Crippen MR) is 81.4 cm³/mol. The van der Waals surface area contributed by atoms with Crippen LogP contribution in [-0.2, 0) is 4.79 Å². The van der Waals surface area contributed by atoms with Crippen LogP contribution in [0.15, 0.2) is 38.4 Å². The summed E-state index contributed by atoms with van der Waals surface area (Å²) < 4.78 is 6.47. The molecule has 0 bridgehead atoms. The minimum atomic E-state index is -0.275. The average molecular weight is 356 g/mol. The highest BCUT2D eigenvalue weighted by atomic mass is 79.9. The van der Waals surface area contributed by atoms with E-state index in [0.717, 1.165) is 10.0 Å². The third-order valence-electron chi connectivity index (χ3n) is 2.51. The maximum Gasteiger partial charge on any atom is 0.277 e. The number of nitrogens with one attached hydrogen (secondary N) is 1. The molecule has 1 aromatic carbocycles. The van der Waals surface area contributed by atoms with Crippen LogP contribution in [0.1, 0.15) is 13.8 Å². The molecule has 0 fully saturated rings. The van der Waals surface area contributed by atoms with Gasteiger partial charge in [-0.25, -0.2) is 0 Å². The van der Waals surface area contributed by atoms with Crippen molar-refractivity contribution in [1.29, 1.82) is 0 Å². The Morgan fingerprint density at radius 2 is 2.20 bits per heavy atom. The topological polar surface area (TPSA) is 68.0 Å². The van der Waals surface area contributed by atoms with Crippen LogP contribution in [0.5, 0.6) is 0 Å². The van der Waals surface area contributed by atoms with Crippen molar-refractivity contribution in [3.63, 3.8) is 0 Å². The number of benzene rings is 1. The van der Waals surface area contributed by atoms with Crippen molar-refractivity contribution in [2.45, 2.75) is 24.3 Å². The summed E-state index contributed by atoms with van der Waals surface area (Å²) in [4.78, 5) is 11.6. The molecule has 1 heterocycles. The molecule has 0 spiro atoms. The van der Waals surface area contributed by atoms with Gasteiger partial charge in [0, 0.05) is 11.0 Å². The zero-order valence-electron chi connectivity index (χ0n) is 11.1. The Hall–Kier alpha value is -1.34. The van der Waals surface area contributed by atoms with Crippen molar-refractivity contribution in [3.8, 4) is 11.5 Å². The summed E-state index contributed by atoms with van der Waals surface area (Å²) in [5, 5.41) is 10.8. The molecule has 0 unspecified atom stereocenters. The molecule has 5 nitrogen and oxygen atoms in total. The molecular weight excluding hydrogens is 342 g/mol. The molecule has 0 saturated carbocycles. The molecule has 0 aliphatic carbocycles. The van der Waals surface area contributed by atoms with Gasteiger partial charge in [0.05, 0.1) is 10.8 Å². The first-order valence-electron chi connectivity index (χ1n) is 6.14. The molecule has 2 aromatic rings. The quantitative estimate of drug-likeness (QED) is 0.834. The lowest BCUT2D eigenvalue weighted by atomic mass is 10.2. The fourth-order valence-corrected chi connectivity index (χ4v) is 2.69. The number of hydrogen-bond acceptors (Lipinski definition) is 5. The smallest absolute Gasteiger partial charge is 0.277 e. The number of thioether (sulfide) groups is 1. The number of hydrogen-bond donors (Lipinski definition) is 1. The largest absolute Gasteiger partial charge is 0.411 e. The van der Waals surface area contributed by atoms with E-state index in [1.807, 2.05) is 31.2 Å². The van der Waals surface area contributed by atoms with E-state index in [4.69, 9.17) is 4.42 Å². The van der Waals surface area contributed by atoms with Gasteiger partial charge in [0.2, 0.25) is 11.8 Å². The predicted octanol–water partition coefficient (Wildman–Crippen LogP) is 3.12. The molecule has 0 radical (unpaired) electrons.